The van der Waals surface area contributed by atoms with Crippen LogP contribution < -0.4 is 0 Å². The number of hydrogen-bond acceptors (Lipinski definition) is 3. The summed E-state index contributed by atoms with van der Waals surface area (Å²) in [6.07, 6.45) is 13.2. The summed E-state index contributed by atoms with van der Waals surface area (Å²) in [5, 5.41) is 9.08. The van der Waals surface area contributed by atoms with Gasteiger partial charge in [-0.1, -0.05) is 79.1 Å². The Morgan fingerprint density at radius 1 is 0.867 bits per heavy atom. The lowest BCUT2D eigenvalue weighted by molar-refractivity contribution is -0.0405. The summed E-state index contributed by atoms with van der Waals surface area (Å²) in [6, 6.07) is 6.05. The van der Waals surface area contributed by atoms with Crippen LogP contribution >= 0.6 is 0 Å². The molecule has 2 unspecified atom stereocenters. The van der Waals surface area contributed by atoms with Gasteiger partial charge in [0.25, 0.3) is 0 Å². The largest absolute Gasteiger partial charge is 0.478 e. The average molecular weight is 419 g/mol. The molecule has 170 valence electrons. The van der Waals surface area contributed by atoms with Gasteiger partial charge in [0.1, 0.15) is 5.60 Å². The lowest BCUT2D eigenvalue weighted by atomic mass is 9.80. The van der Waals surface area contributed by atoms with Crippen molar-refractivity contribution in [3.63, 3.8) is 0 Å². The van der Waals surface area contributed by atoms with Crippen molar-refractivity contribution in [2.75, 3.05) is 0 Å². The van der Waals surface area contributed by atoms with Crippen LogP contribution in [0.3, 0.4) is 0 Å². The first-order chi connectivity index (χ1) is 14.4. The number of aromatic carboxylic acids is 1. The summed E-state index contributed by atoms with van der Waals surface area (Å²) in [5.74, 6) is -0.758. The molecule has 4 nitrogen and oxygen atoms in total. The number of rotatable bonds is 16. The number of esters is 1. The van der Waals surface area contributed by atoms with Crippen LogP contribution in [0.2, 0.25) is 0 Å². The van der Waals surface area contributed by atoms with Crippen LogP contribution in [0.15, 0.2) is 24.3 Å². The molecule has 30 heavy (non-hydrogen) atoms. The summed E-state index contributed by atoms with van der Waals surface area (Å²) < 4.78 is 6.22. The summed E-state index contributed by atoms with van der Waals surface area (Å²) in [5.41, 5.74) is 0.158. The standard InChI is InChI=1S/C26H42O4/c1-5-9-11-14-21(13-7-3)20-26(8-4,19-12-10-6-2)30-25(29)23-17-15-22(16-18-23)24(27)28/h15-18,21H,5-14,19-20H2,1-4H3,(H,27,28). The molecule has 0 fully saturated rings. The number of carboxylic acids is 1. The lowest BCUT2D eigenvalue weighted by Gasteiger charge is -2.36. The van der Waals surface area contributed by atoms with Crippen molar-refractivity contribution in [1.82, 2.24) is 0 Å². The number of carbonyl (C=O) groups is 2. The molecular weight excluding hydrogens is 376 g/mol. The van der Waals surface area contributed by atoms with Crippen molar-refractivity contribution in [2.45, 2.75) is 110 Å². The second-order valence-corrected chi connectivity index (χ2v) is 8.62. The molecule has 1 N–H and O–H groups in total. The Bertz CT molecular complexity index is 622. The molecule has 0 aliphatic rings. The third-order valence-corrected chi connectivity index (χ3v) is 6.13. The fraction of sp³-hybridized carbons (Fsp3) is 0.692. The van der Waals surface area contributed by atoms with E-state index in [-0.39, 0.29) is 11.5 Å². The van der Waals surface area contributed by atoms with Crippen molar-refractivity contribution >= 4 is 11.9 Å². The zero-order chi connectivity index (χ0) is 22.4. The third-order valence-electron chi connectivity index (χ3n) is 6.13. The zero-order valence-corrected chi connectivity index (χ0v) is 19.5. The summed E-state index contributed by atoms with van der Waals surface area (Å²) in [6.45, 7) is 8.77. The Kier molecular flexibility index (Phi) is 12.4. The molecule has 1 aromatic carbocycles. The van der Waals surface area contributed by atoms with Crippen LogP contribution in [0.4, 0.5) is 0 Å². The monoisotopic (exact) mass is 418 g/mol. The summed E-state index contributed by atoms with van der Waals surface area (Å²) in [7, 11) is 0. The minimum atomic E-state index is -0.994. The van der Waals surface area contributed by atoms with E-state index in [1.807, 2.05) is 0 Å². The molecule has 0 bridgehead atoms. The summed E-state index contributed by atoms with van der Waals surface area (Å²) >= 11 is 0. The van der Waals surface area contributed by atoms with Crippen LogP contribution in [0, 0.1) is 5.92 Å². The number of hydrogen-bond donors (Lipinski definition) is 1. The molecule has 0 aliphatic carbocycles. The fourth-order valence-electron chi connectivity index (χ4n) is 4.26. The molecule has 0 spiro atoms. The van der Waals surface area contributed by atoms with Crippen molar-refractivity contribution in [2.24, 2.45) is 5.92 Å². The van der Waals surface area contributed by atoms with Gasteiger partial charge in [-0.15, -0.1) is 0 Å². The topological polar surface area (TPSA) is 63.6 Å². The average Bonchev–Trinajstić information content (AvgIpc) is 2.74. The van der Waals surface area contributed by atoms with E-state index in [1.165, 1.54) is 44.2 Å². The Hall–Kier alpha value is -1.84. The normalized spacial score (nSPS) is 14.1. The van der Waals surface area contributed by atoms with Gasteiger partial charge in [-0.25, -0.2) is 9.59 Å². The Morgan fingerprint density at radius 3 is 2.00 bits per heavy atom. The maximum atomic E-state index is 13.0. The number of unbranched alkanes of at least 4 members (excludes halogenated alkanes) is 4. The van der Waals surface area contributed by atoms with Gasteiger partial charge in [-0.2, -0.15) is 0 Å². The van der Waals surface area contributed by atoms with E-state index in [4.69, 9.17) is 9.84 Å². The predicted molar refractivity (Wildman–Crippen MR) is 123 cm³/mol. The zero-order valence-electron chi connectivity index (χ0n) is 19.5. The molecule has 0 aliphatic heterocycles. The summed E-state index contributed by atoms with van der Waals surface area (Å²) in [4.78, 5) is 24.0. The van der Waals surface area contributed by atoms with Gasteiger partial charge < -0.3 is 9.84 Å². The second kappa shape index (κ2) is 14.2. The predicted octanol–water partition coefficient (Wildman–Crippen LogP) is 7.66. The Morgan fingerprint density at radius 2 is 1.47 bits per heavy atom. The molecule has 0 aromatic heterocycles. The van der Waals surface area contributed by atoms with Crippen LogP contribution in [0.5, 0.6) is 0 Å². The van der Waals surface area contributed by atoms with Crippen LogP contribution in [0.25, 0.3) is 0 Å². The first-order valence-corrected chi connectivity index (χ1v) is 12.0. The van der Waals surface area contributed by atoms with Crippen LogP contribution in [-0.4, -0.2) is 22.6 Å². The van der Waals surface area contributed by atoms with Gasteiger partial charge >= 0.3 is 11.9 Å². The van der Waals surface area contributed by atoms with E-state index in [0.29, 0.717) is 11.5 Å². The highest BCUT2D eigenvalue weighted by atomic mass is 16.6. The number of carbonyl (C=O) groups excluding carboxylic acids is 1. The van der Waals surface area contributed by atoms with Crippen molar-refractivity contribution in [1.29, 1.82) is 0 Å². The lowest BCUT2D eigenvalue weighted by Crippen LogP contribution is -2.37. The first kappa shape index (κ1) is 26.2. The van der Waals surface area contributed by atoms with Crippen molar-refractivity contribution in [3.8, 4) is 0 Å². The van der Waals surface area contributed by atoms with Gasteiger partial charge in [-0.05, 0) is 55.9 Å². The molecule has 0 saturated carbocycles. The number of carboxylic acid groups (broad SMARTS) is 1. The molecule has 1 rings (SSSR count). The van der Waals surface area contributed by atoms with Gasteiger partial charge in [0.2, 0.25) is 0 Å². The second-order valence-electron chi connectivity index (χ2n) is 8.62. The molecule has 0 radical (unpaired) electrons. The van der Waals surface area contributed by atoms with E-state index in [1.54, 1.807) is 12.1 Å². The highest BCUT2D eigenvalue weighted by Gasteiger charge is 2.35. The molecule has 0 heterocycles. The van der Waals surface area contributed by atoms with E-state index in [2.05, 4.69) is 27.7 Å². The molecule has 0 saturated heterocycles. The molecular formula is C26H42O4. The Labute approximate surface area is 183 Å². The highest BCUT2D eigenvalue weighted by Crippen LogP contribution is 2.35. The molecule has 1 aromatic rings. The van der Waals surface area contributed by atoms with Gasteiger partial charge in [0.05, 0.1) is 11.1 Å². The van der Waals surface area contributed by atoms with E-state index in [9.17, 15) is 9.59 Å². The fourth-order valence-corrected chi connectivity index (χ4v) is 4.26. The van der Waals surface area contributed by atoms with Crippen LogP contribution in [0.1, 0.15) is 125 Å². The molecule has 2 atom stereocenters. The Balaban J connectivity index is 2.99. The maximum Gasteiger partial charge on any atom is 0.338 e. The third kappa shape index (κ3) is 8.89. The van der Waals surface area contributed by atoms with E-state index in [0.717, 1.165) is 44.9 Å². The number of ether oxygens (including phenoxy) is 1. The van der Waals surface area contributed by atoms with E-state index < -0.39 is 11.6 Å². The van der Waals surface area contributed by atoms with Crippen molar-refractivity contribution < 1.29 is 19.4 Å². The highest BCUT2D eigenvalue weighted by molar-refractivity contribution is 5.92. The van der Waals surface area contributed by atoms with Crippen molar-refractivity contribution in [3.05, 3.63) is 35.4 Å². The quantitative estimate of drug-likeness (QED) is 0.221. The number of benzene rings is 1. The van der Waals surface area contributed by atoms with E-state index >= 15 is 0 Å². The minimum Gasteiger partial charge on any atom is -0.478 e. The van der Waals surface area contributed by atoms with Crippen LogP contribution in [-0.2, 0) is 4.74 Å². The smallest absolute Gasteiger partial charge is 0.338 e. The van der Waals surface area contributed by atoms with Gasteiger partial charge in [-0.3, -0.25) is 0 Å². The van der Waals surface area contributed by atoms with Gasteiger partial charge in [0, 0.05) is 0 Å². The maximum absolute atomic E-state index is 13.0. The van der Waals surface area contributed by atoms with Gasteiger partial charge in [0.15, 0.2) is 0 Å². The molecule has 4 heteroatoms. The molecule has 0 amide bonds. The SMILES string of the molecule is CCCCCC(CCC)CC(CC)(CCCCC)OC(=O)c1ccc(C(=O)O)cc1. The first-order valence-electron chi connectivity index (χ1n) is 12.0. The minimum absolute atomic E-state index is 0.176.